The first-order valence-electron chi connectivity index (χ1n) is 3.63. The van der Waals surface area contributed by atoms with E-state index in [1.807, 2.05) is 6.92 Å². The van der Waals surface area contributed by atoms with Crippen molar-refractivity contribution in [2.24, 2.45) is 11.8 Å². The zero-order valence-electron chi connectivity index (χ0n) is 6.13. The molecule has 1 aliphatic rings. The quantitative estimate of drug-likeness (QED) is 0.507. The van der Waals surface area contributed by atoms with Crippen LogP contribution in [0.3, 0.4) is 0 Å². The average molecular weight is 137 g/mol. The Morgan fingerprint density at radius 1 is 1.60 bits per heavy atom. The van der Waals surface area contributed by atoms with Crippen molar-refractivity contribution in [1.82, 2.24) is 0 Å². The maximum absolute atomic E-state index is 10.9. The van der Waals surface area contributed by atoms with Gasteiger partial charge in [-0.2, -0.15) is 5.26 Å². The molecule has 2 nitrogen and oxygen atoms in total. The summed E-state index contributed by atoms with van der Waals surface area (Å²) in [5, 5.41) is 8.52. The van der Waals surface area contributed by atoms with Crippen molar-refractivity contribution in [3.8, 4) is 6.07 Å². The maximum Gasteiger partial charge on any atom is 0.134 e. The van der Waals surface area contributed by atoms with Crippen LogP contribution < -0.4 is 0 Å². The molecule has 0 radical (unpaired) electrons. The van der Waals surface area contributed by atoms with Gasteiger partial charge in [-0.3, -0.25) is 4.79 Å². The maximum atomic E-state index is 10.9. The average Bonchev–Trinajstić information content (AvgIpc) is 1.85. The fourth-order valence-electron chi connectivity index (χ4n) is 1.50. The van der Waals surface area contributed by atoms with E-state index < -0.39 is 0 Å². The highest BCUT2D eigenvalue weighted by Crippen LogP contribution is 2.25. The Morgan fingerprint density at radius 2 is 2.30 bits per heavy atom. The van der Waals surface area contributed by atoms with E-state index in [0.29, 0.717) is 18.8 Å². The molecule has 2 heteroatoms. The lowest BCUT2D eigenvalue weighted by molar-refractivity contribution is -0.122. The second kappa shape index (κ2) is 2.83. The number of carbonyl (C=O) groups is 1. The number of hydrogen-bond donors (Lipinski definition) is 0. The van der Waals surface area contributed by atoms with E-state index in [-0.39, 0.29) is 11.7 Å². The van der Waals surface area contributed by atoms with Crippen LogP contribution in [0.15, 0.2) is 0 Å². The molecule has 0 aliphatic heterocycles. The van der Waals surface area contributed by atoms with Gasteiger partial charge in [0.1, 0.15) is 5.78 Å². The highest BCUT2D eigenvalue weighted by Gasteiger charge is 2.23. The molecular weight excluding hydrogens is 126 g/mol. The van der Waals surface area contributed by atoms with Crippen molar-refractivity contribution < 1.29 is 4.79 Å². The van der Waals surface area contributed by atoms with Crippen LogP contribution in [0.4, 0.5) is 0 Å². The van der Waals surface area contributed by atoms with Gasteiger partial charge in [-0.25, -0.2) is 0 Å². The number of carbonyl (C=O) groups excluding carboxylic acids is 1. The first-order chi connectivity index (χ1) is 4.72. The van der Waals surface area contributed by atoms with Gasteiger partial charge in [0.05, 0.1) is 12.0 Å². The topological polar surface area (TPSA) is 40.9 Å². The predicted octanol–water partition coefficient (Wildman–Crippen LogP) is 1.52. The van der Waals surface area contributed by atoms with E-state index in [4.69, 9.17) is 5.26 Å². The lowest BCUT2D eigenvalue weighted by Gasteiger charge is -2.19. The third-order valence-corrected chi connectivity index (χ3v) is 1.92. The molecule has 0 amide bonds. The molecule has 1 fully saturated rings. The summed E-state index contributed by atoms with van der Waals surface area (Å²) in [6.45, 7) is 2.03. The SMILES string of the molecule is C[C@@H]1CC(=O)C[C@@H](C#N)C1. The minimum Gasteiger partial charge on any atom is -0.300 e. The van der Waals surface area contributed by atoms with Gasteiger partial charge >= 0.3 is 0 Å². The van der Waals surface area contributed by atoms with E-state index >= 15 is 0 Å². The zero-order chi connectivity index (χ0) is 7.56. The Balaban J connectivity index is 2.52. The van der Waals surface area contributed by atoms with Gasteiger partial charge in [0, 0.05) is 12.8 Å². The second-order valence-electron chi connectivity index (χ2n) is 3.11. The van der Waals surface area contributed by atoms with Crippen LogP contribution in [0.25, 0.3) is 0 Å². The molecule has 0 aromatic rings. The van der Waals surface area contributed by atoms with Crippen LogP contribution in [0.5, 0.6) is 0 Å². The summed E-state index contributed by atoms with van der Waals surface area (Å²) in [5.74, 6) is 0.674. The third kappa shape index (κ3) is 1.57. The van der Waals surface area contributed by atoms with Gasteiger partial charge in [0.25, 0.3) is 0 Å². The highest BCUT2D eigenvalue weighted by atomic mass is 16.1. The van der Waals surface area contributed by atoms with E-state index in [1.54, 1.807) is 0 Å². The number of Topliss-reactive ketones (excluding diaryl/α,β-unsaturated/α-hetero) is 1. The molecule has 0 heterocycles. The summed E-state index contributed by atoms with van der Waals surface area (Å²) in [5.41, 5.74) is 0. The fraction of sp³-hybridized carbons (Fsp3) is 0.750. The second-order valence-corrected chi connectivity index (χ2v) is 3.11. The number of nitrogens with zero attached hydrogens (tertiary/aromatic N) is 1. The summed E-state index contributed by atoms with van der Waals surface area (Å²) in [7, 11) is 0. The molecule has 0 N–H and O–H groups in total. The molecule has 10 heavy (non-hydrogen) atoms. The first kappa shape index (κ1) is 7.27. The Morgan fingerprint density at radius 3 is 2.80 bits per heavy atom. The highest BCUT2D eigenvalue weighted by molar-refractivity contribution is 5.79. The normalized spacial score (nSPS) is 33.4. The summed E-state index contributed by atoms with van der Waals surface area (Å²) < 4.78 is 0. The summed E-state index contributed by atoms with van der Waals surface area (Å²) >= 11 is 0. The Labute approximate surface area is 60.8 Å². The van der Waals surface area contributed by atoms with Gasteiger partial charge in [-0.05, 0) is 12.3 Å². The summed E-state index contributed by atoms with van der Waals surface area (Å²) in [6.07, 6.45) is 2.07. The van der Waals surface area contributed by atoms with Crippen molar-refractivity contribution in [1.29, 1.82) is 5.26 Å². The molecule has 0 bridgehead atoms. The minimum absolute atomic E-state index is 0.00347. The fourth-order valence-corrected chi connectivity index (χ4v) is 1.50. The van der Waals surface area contributed by atoms with Gasteiger partial charge in [0.15, 0.2) is 0 Å². The minimum atomic E-state index is -0.00347. The molecule has 2 atom stereocenters. The lowest BCUT2D eigenvalue weighted by atomic mass is 9.82. The molecular formula is C8H11NO. The smallest absolute Gasteiger partial charge is 0.134 e. The van der Waals surface area contributed by atoms with Gasteiger partial charge in [-0.15, -0.1) is 0 Å². The third-order valence-electron chi connectivity index (χ3n) is 1.92. The number of ketones is 1. The largest absolute Gasteiger partial charge is 0.300 e. The van der Waals surface area contributed by atoms with Gasteiger partial charge in [0.2, 0.25) is 0 Å². The van der Waals surface area contributed by atoms with Crippen LogP contribution in [-0.4, -0.2) is 5.78 Å². The van der Waals surface area contributed by atoms with Crippen molar-refractivity contribution in [2.45, 2.75) is 26.2 Å². The van der Waals surface area contributed by atoms with Gasteiger partial charge in [-0.1, -0.05) is 6.92 Å². The number of hydrogen-bond acceptors (Lipinski definition) is 2. The molecule has 1 saturated carbocycles. The number of rotatable bonds is 0. The summed E-state index contributed by atoms with van der Waals surface area (Å²) in [4.78, 5) is 10.9. The standard InChI is InChI=1S/C8H11NO/c1-6-2-7(5-9)4-8(10)3-6/h6-7H,2-4H2,1H3/t6-,7-/m0/s1. The predicted molar refractivity (Wildman–Crippen MR) is 37.1 cm³/mol. The van der Waals surface area contributed by atoms with Crippen LogP contribution in [0, 0.1) is 23.2 Å². The molecule has 0 aromatic carbocycles. The van der Waals surface area contributed by atoms with E-state index in [0.717, 1.165) is 6.42 Å². The van der Waals surface area contributed by atoms with Crippen LogP contribution in [-0.2, 0) is 4.79 Å². The molecule has 0 aromatic heterocycles. The van der Waals surface area contributed by atoms with Crippen LogP contribution in [0.1, 0.15) is 26.2 Å². The van der Waals surface area contributed by atoms with E-state index in [1.165, 1.54) is 0 Å². The molecule has 0 spiro atoms. The Bertz CT molecular complexity index is 180. The Hall–Kier alpha value is -0.840. The van der Waals surface area contributed by atoms with Crippen molar-refractivity contribution in [2.75, 3.05) is 0 Å². The lowest BCUT2D eigenvalue weighted by Crippen LogP contribution is -2.19. The first-order valence-corrected chi connectivity index (χ1v) is 3.63. The van der Waals surface area contributed by atoms with Crippen LogP contribution in [0.2, 0.25) is 0 Å². The van der Waals surface area contributed by atoms with Crippen molar-refractivity contribution in [3.63, 3.8) is 0 Å². The van der Waals surface area contributed by atoms with Crippen LogP contribution >= 0.6 is 0 Å². The molecule has 0 unspecified atom stereocenters. The van der Waals surface area contributed by atoms with Crippen molar-refractivity contribution >= 4 is 5.78 Å². The molecule has 54 valence electrons. The Kier molecular flexibility index (Phi) is 2.06. The monoisotopic (exact) mass is 137 g/mol. The zero-order valence-corrected chi connectivity index (χ0v) is 6.13. The van der Waals surface area contributed by atoms with Crippen molar-refractivity contribution in [3.05, 3.63) is 0 Å². The van der Waals surface area contributed by atoms with Gasteiger partial charge < -0.3 is 0 Å². The van der Waals surface area contributed by atoms with E-state index in [2.05, 4.69) is 6.07 Å². The van der Waals surface area contributed by atoms with E-state index in [9.17, 15) is 4.79 Å². The number of nitriles is 1. The molecule has 0 saturated heterocycles. The molecule has 1 aliphatic carbocycles. The molecule has 1 rings (SSSR count). The summed E-state index contributed by atoms with van der Waals surface area (Å²) in [6, 6.07) is 2.14.